The molecule has 1 saturated heterocycles. The Balaban J connectivity index is 1.30. The van der Waals surface area contributed by atoms with Crippen LogP contribution < -0.4 is 10.2 Å². The molecule has 2 unspecified atom stereocenters. The average molecular weight is 463 g/mol. The minimum Gasteiger partial charge on any atom is -0.354 e. The summed E-state index contributed by atoms with van der Waals surface area (Å²) in [6, 6.07) is 29.1. The molecule has 5 heteroatoms. The molecule has 0 spiro atoms. The number of hydrogen-bond acceptors (Lipinski definition) is 4. The molecule has 0 bridgehead atoms. The molecule has 1 saturated carbocycles. The molecule has 176 valence electrons. The quantitative estimate of drug-likeness (QED) is 0.432. The molecular weight excluding hydrogens is 432 g/mol. The van der Waals surface area contributed by atoms with Crippen molar-refractivity contribution in [3.05, 3.63) is 90.5 Å². The third-order valence-corrected chi connectivity index (χ3v) is 7.33. The van der Waals surface area contributed by atoms with E-state index in [0.717, 1.165) is 66.1 Å². The number of nitrogens with one attached hydrogen (secondary N) is 1. The van der Waals surface area contributed by atoms with Gasteiger partial charge in [0.2, 0.25) is 5.91 Å². The van der Waals surface area contributed by atoms with Crippen LogP contribution in [0.25, 0.3) is 22.0 Å². The summed E-state index contributed by atoms with van der Waals surface area (Å²) in [5, 5.41) is 4.23. The minimum atomic E-state index is 0.0411. The van der Waals surface area contributed by atoms with Crippen molar-refractivity contribution in [2.45, 2.75) is 12.3 Å². The Bertz CT molecular complexity index is 1350. The first-order valence-electron chi connectivity index (χ1n) is 12.5. The second kappa shape index (κ2) is 9.16. The van der Waals surface area contributed by atoms with Gasteiger partial charge >= 0.3 is 0 Å². The Hall–Kier alpha value is -3.70. The molecule has 1 aliphatic heterocycles. The third kappa shape index (κ3) is 4.52. The molecule has 3 aromatic carbocycles. The van der Waals surface area contributed by atoms with Gasteiger partial charge in [0, 0.05) is 43.2 Å². The van der Waals surface area contributed by atoms with E-state index in [2.05, 4.69) is 70.7 Å². The summed E-state index contributed by atoms with van der Waals surface area (Å²) in [6.45, 7) is 4.02. The van der Waals surface area contributed by atoms with E-state index in [4.69, 9.17) is 4.98 Å². The molecule has 2 aliphatic rings. The molecule has 2 atom stereocenters. The zero-order valence-electron chi connectivity index (χ0n) is 20.0. The van der Waals surface area contributed by atoms with E-state index in [9.17, 15) is 4.79 Å². The molecule has 1 N–H and O–H groups in total. The number of piperazine rings is 1. The van der Waals surface area contributed by atoms with Gasteiger partial charge in [-0.15, -0.1) is 0 Å². The van der Waals surface area contributed by atoms with Crippen molar-refractivity contribution in [3.63, 3.8) is 0 Å². The van der Waals surface area contributed by atoms with Crippen LogP contribution in [0, 0.1) is 5.92 Å². The number of benzene rings is 3. The van der Waals surface area contributed by atoms with Gasteiger partial charge in [-0.1, -0.05) is 60.7 Å². The molecule has 2 fully saturated rings. The fourth-order valence-electron chi connectivity index (χ4n) is 5.13. The number of fused-ring (bicyclic) bond motifs is 1. The largest absolute Gasteiger partial charge is 0.354 e. The highest BCUT2D eigenvalue weighted by Crippen LogP contribution is 2.48. The lowest BCUT2D eigenvalue weighted by atomic mass is 10.00. The van der Waals surface area contributed by atoms with E-state index >= 15 is 0 Å². The number of aromatic nitrogens is 1. The molecule has 5 nitrogen and oxygen atoms in total. The maximum atomic E-state index is 13.0. The summed E-state index contributed by atoms with van der Waals surface area (Å²) < 4.78 is 0. The van der Waals surface area contributed by atoms with Gasteiger partial charge in [0.15, 0.2) is 0 Å². The van der Waals surface area contributed by atoms with Gasteiger partial charge in [-0.05, 0) is 60.3 Å². The second-order valence-corrected chi connectivity index (χ2v) is 9.76. The zero-order chi connectivity index (χ0) is 23.8. The molecule has 4 aromatic rings. The highest BCUT2D eigenvalue weighted by molar-refractivity contribution is 6.01. The number of pyridine rings is 1. The smallest absolute Gasteiger partial charge is 0.228 e. The van der Waals surface area contributed by atoms with Crippen molar-refractivity contribution in [3.8, 4) is 11.1 Å². The number of nitrogens with zero attached hydrogens (tertiary/aromatic N) is 3. The summed E-state index contributed by atoms with van der Waals surface area (Å²) >= 11 is 0. The number of anilines is 2. The van der Waals surface area contributed by atoms with Crippen molar-refractivity contribution in [1.29, 1.82) is 0 Å². The average Bonchev–Trinajstić information content (AvgIpc) is 3.71. The number of likely N-dealkylation sites (N-methyl/N-ethyl adjacent to an activating group) is 1. The lowest BCUT2D eigenvalue weighted by Crippen LogP contribution is -2.44. The molecule has 1 amide bonds. The van der Waals surface area contributed by atoms with E-state index < -0.39 is 0 Å². The summed E-state index contributed by atoms with van der Waals surface area (Å²) in [4.78, 5) is 22.8. The van der Waals surface area contributed by atoms with Crippen molar-refractivity contribution in [2.24, 2.45) is 5.92 Å². The van der Waals surface area contributed by atoms with Crippen LogP contribution in [0.1, 0.15) is 17.9 Å². The second-order valence-electron chi connectivity index (χ2n) is 9.76. The number of carbonyl (C=O) groups is 1. The summed E-state index contributed by atoms with van der Waals surface area (Å²) in [6.07, 6.45) is 0.911. The first-order valence-corrected chi connectivity index (χ1v) is 12.5. The summed E-state index contributed by atoms with van der Waals surface area (Å²) in [5.41, 5.74) is 5.33. The van der Waals surface area contributed by atoms with E-state index in [1.165, 1.54) is 5.56 Å². The highest BCUT2D eigenvalue weighted by Gasteiger charge is 2.43. The lowest BCUT2D eigenvalue weighted by molar-refractivity contribution is -0.117. The number of carbonyl (C=O) groups excluding carboxylic acids is 1. The van der Waals surface area contributed by atoms with E-state index in [1.54, 1.807) is 0 Å². The van der Waals surface area contributed by atoms with Crippen molar-refractivity contribution in [2.75, 3.05) is 43.4 Å². The van der Waals surface area contributed by atoms with Crippen LogP contribution in [0.15, 0.2) is 84.9 Å². The summed E-state index contributed by atoms with van der Waals surface area (Å²) in [5.74, 6) is 1.48. The van der Waals surface area contributed by atoms with E-state index in [1.807, 2.05) is 36.4 Å². The van der Waals surface area contributed by atoms with Crippen molar-refractivity contribution < 1.29 is 4.79 Å². The fourth-order valence-corrected chi connectivity index (χ4v) is 5.13. The lowest BCUT2D eigenvalue weighted by Gasteiger charge is -2.33. The predicted molar refractivity (Wildman–Crippen MR) is 143 cm³/mol. The standard InChI is InChI=1S/C30H30N4O/c1-33-14-16-34(17-15-33)29-20-25(22-10-6-3-7-11-22)26-18-23(12-13-28(26)32-29)31-30(35)27-19-24(27)21-8-4-2-5-9-21/h2-13,18,20,24,27H,14-17,19H2,1H3,(H,31,35). The SMILES string of the molecule is CN1CCN(c2cc(-c3ccccc3)c3cc(NC(=O)C4CC4c4ccccc4)ccc3n2)CC1. The van der Waals surface area contributed by atoms with Gasteiger partial charge < -0.3 is 15.1 Å². The van der Waals surface area contributed by atoms with E-state index in [0.29, 0.717) is 5.92 Å². The Labute approximate surface area is 206 Å². The molecule has 0 radical (unpaired) electrons. The maximum Gasteiger partial charge on any atom is 0.228 e. The Morgan fingerprint density at radius 1 is 0.886 bits per heavy atom. The van der Waals surface area contributed by atoms with Gasteiger partial charge in [-0.3, -0.25) is 4.79 Å². The van der Waals surface area contributed by atoms with Crippen LogP contribution in [0.5, 0.6) is 0 Å². The summed E-state index contributed by atoms with van der Waals surface area (Å²) in [7, 11) is 2.17. The van der Waals surface area contributed by atoms with Crippen LogP contribution >= 0.6 is 0 Å². The number of amides is 1. The van der Waals surface area contributed by atoms with Crippen molar-refractivity contribution in [1.82, 2.24) is 9.88 Å². The van der Waals surface area contributed by atoms with Gasteiger partial charge in [0.05, 0.1) is 5.52 Å². The highest BCUT2D eigenvalue weighted by atomic mass is 16.2. The zero-order valence-corrected chi connectivity index (χ0v) is 20.0. The Morgan fingerprint density at radius 2 is 1.60 bits per heavy atom. The fraction of sp³-hybridized carbons (Fsp3) is 0.267. The van der Waals surface area contributed by atoms with E-state index in [-0.39, 0.29) is 11.8 Å². The van der Waals surface area contributed by atoms with Crippen LogP contribution in [0.4, 0.5) is 11.5 Å². The molecule has 2 heterocycles. The maximum absolute atomic E-state index is 13.0. The molecule has 6 rings (SSSR count). The van der Waals surface area contributed by atoms with Crippen LogP contribution in [0.3, 0.4) is 0 Å². The molecule has 1 aromatic heterocycles. The van der Waals surface area contributed by atoms with Gasteiger partial charge in [-0.25, -0.2) is 4.98 Å². The number of hydrogen-bond donors (Lipinski definition) is 1. The Kier molecular flexibility index (Phi) is 5.71. The third-order valence-electron chi connectivity index (χ3n) is 7.33. The Morgan fingerprint density at radius 3 is 2.34 bits per heavy atom. The minimum absolute atomic E-state index is 0.0411. The van der Waals surface area contributed by atoms with Gasteiger partial charge in [-0.2, -0.15) is 0 Å². The van der Waals surface area contributed by atoms with Crippen LogP contribution in [0.2, 0.25) is 0 Å². The van der Waals surface area contributed by atoms with Gasteiger partial charge in [0.1, 0.15) is 5.82 Å². The predicted octanol–water partition coefficient (Wildman–Crippen LogP) is 5.40. The topological polar surface area (TPSA) is 48.5 Å². The van der Waals surface area contributed by atoms with Crippen molar-refractivity contribution >= 4 is 28.3 Å². The molecular formula is C30H30N4O. The normalized spacial score (nSPS) is 20.1. The first-order chi connectivity index (χ1) is 17.2. The van der Waals surface area contributed by atoms with Crippen LogP contribution in [-0.2, 0) is 4.79 Å². The van der Waals surface area contributed by atoms with Crippen LogP contribution in [-0.4, -0.2) is 49.0 Å². The molecule has 1 aliphatic carbocycles. The number of rotatable bonds is 5. The molecule has 35 heavy (non-hydrogen) atoms. The van der Waals surface area contributed by atoms with Gasteiger partial charge in [0.25, 0.3) is 0 Å². The monoisotopic (exact) mass is 462 g/mol. The first kappa shape index (κ1) is 21.8.